The summed E-state index contributed by atoms with van der Waals surface area (Å²) in [6.45, 7) is 19.8. The van der Waals surface area contributed by atoms with Crippen LogP contribution in [-0.4, -0.2) is 64.6 Å². The van der Waals surface area contributed by atoms with Crippen molar-refractivity contribution >= 4 is 24.3 Å². The van der Waals surface area contributed by atoms with Gasteiger partial charge in [-0.25, -0.2) is 14.4 Å². The van der Waals surface area contributed by atoms with E-state index in [-0.39, 0.29) is 5.91 Å². The molecule has 0 aromatic heterocycles. The number of piperazine rings is 1. The molecule has 1 saturated heterocycles. The van der Waals surface area contributed by atoms with Crippen LogP contribution >= 0.6 is 0 Å². The number of nitrogens with zero attached hydrogens (tertiary/aromatic N) is 1. The molecule has 10 nitrogen and oxygen atoms in total. The first-order chi connectivity index (χ1) is 13.6. The number of nitrogens with one attached hydrogen (secondary N) is 1. The van der Waals surface area contributed by atoms with Gasteiger partial charge in [-0.3, -0.25) is 9.69 Å². The molecule has 1 aliphatic rings. The van der Waals surface area contributed by atoms with Gasteiger partial charge in [-0.2, -0.15) is 0 Å². The number of ether oxygens (including phenoxy) is 4. The lowest BCUT2D eigenvalue weighted by Crippen LogP contribution is -2.63. The number of rotatable bonds is 0. The fraction of sp³-hybridized carbons (Fsp3) is 0.810. The molecule has 2 amide bonds. The third-order valence-electron chi connectivity index (χ3n) is 3.41. The fourth-order valence-electron chi connectivity index (χ4n) is 2.15. The summed E-state index contributed by atoms with van der Waals surface area (Å²) >= 11 is 0. The average molecular weight is 447 g/mol. The van der Waals surface area contributed by atoms with Crippen molar-refractivity contribution in [1.82, 2.24) is 10.2 Å². The number of amides is 2. The van der Waals surface area contributed by atoms with Crippen molar-refractivity contribution in [2.75, 3.05) is 13.1 Å². The first-order valence-electron chi connectivity index (χ1n) is 10.1. The largest absolute Gasteiger partial charge is 0.519 e. The molecule has 0 spiro atoms. The molecule has 1 heterocycles. The molecule has 0 saturated carbocycles. The van der Waals surface area contributed by atoms with Crippen molar-refractivity contribution in [2.24, 2.45) is 0 Å². The second-order valence-electron chi connectivity index (χ2n) is 10.5. The lowest BCUT2D eigenvalue weighted by atomic mass is 10.00. The Morgan fingerprint density at radius 2 is 1.19 bits per heavy atom. The highest BCUT2D eigenvalue weighted by atomic mass is 16.8. The second kappa shape index (κ2) is 10.2. The number of hydrogen-bond acceptors (Lipinski definition) is 8. The third-order valence-corrected chi connectivity index (χ3v) is 3.41. The zero-order valence-corrected chi connectivity index (χ0v) is 20.6. The van der Waals surface area contributed by atoms with Gasteiger partial charge in [0.15, 0.2) is 0 Å². The van der Waals surface area contributed by atoms with Crippen LogP contribution in [0.4, 0.5) is 14.4 Å². The smallest absolute Gasteiger partial charge is 0.444 e. The van der Waals surface area contributed by atoms with Gasteiger partial charge in [0, 0.05) is 13.1 Å². The van der Waals surface area contributed by atoms with E-state index in [1.807, 2.05) is 20.8 Å². The van der Waals surface area contributed by atoms with E-state index in [1.54, 1.807) is 55.4 Å². The molecular formula is C21H38N2O8. The predicted molar refractivity (Wildman–Crippen MR) is 114 cm³/mol. The Labute approximate surface area is 184 Å². The third kappa shape index (κ3) is 12.0. The molecule has 31 heavy (non-hydrogen) atoms. The van der Waals surface area contributed by atoms with Crippen LogP contribution in [0.15, 0.2) is 0 Å². The normalized spacial score (nSPS) is 16.2. The van der Waals surface area contributed by atoms with E-state index in [0.717, 1.165) is 0 Å². The predicted octanol–water partition coefficient (Wildman–Crippen LogP) is 4.01. The molecule has 0 aromatic carbocycles. The van der Waals surface area contributed by atoms with Crippen LogP contribution in [-0.2, 0) is 23.7 Å². The highest BCUT2D eigenvalue weighted by molar-refractivity contribution is 5.90. The van der Waals surface area contributed by atoms with Crippen LogP contribution in [0.25, 0.3) is 0 Å². The van der Waals surface area contributed by atoms with E-state index in [4.69, 9.17) is 14.2 Å². The van der Waals surface area contributed by atoms with Crippen molar-refractivity contribution < 1.29 is 38.1 Å². The maximum atomic E-state index is 11.9. The van der Waals surface area contributed by atoms with Gasteiger partial charge in [-0.1, -0.05) is 0 Å². The lowest BCUT2D eigenvalue weighted by molar-refractivity contribution is -0.134. The van der Waals surface area contributed by atoms with Gasteiger partial charge >= 0.3 is 18.4 Å². The van der Waals surface area contributed by atoms with E-state index in [9.17, 15) is 19.2 Å². The zero-order chi connectivity index (χ0) is 24.8. The van der Waals surface area contributed by atoms with E-state index in [2.05, 4.69) is 10.1 Å². The molecule has 0 bridgehead atoms. The molecule has 1 N–H and O–H groups in total. The number of carbonyl (C=O) groups excluding carboxylic acids is 4. The Bertz CT molecular complexity index is 640. The zero-order valence-electron chi connectivity index (χ0n) is 20.6. The van der Waals surface area contributed by atoms with Gasteiger partial charge < -0.3 is 24.3 Å². The first kappa shape index (κ1) is 28.5. The average Bonchev–Trinajstić information content (AvgIpc) is 2.44. The van der Waals surface area contributed by atoms with Crippen molar-refractivity contribution in [3.05, 3.63) is 0 Å². The molecule has 1 fully saturated rings. The summed E-state index contributed by atoms with van der Waals surface area (Å²) in [5.41, 5.74) is -2.78. The summed E-state index contributed by atoms with van der Waals surface area (Å²) in [6, 6.07) is 0. The highest BCUT2D eigenvalue weighted by Gasteiger charge is 2.42. The summed E-state index contributed by atoms with van der Waals surface area (Å²) in [7, 11) is 0. The van der Waals surface area contributed by atoms with E-state index >= 15 is 0 Å². The highest BCUT2D eigenvalue weighted by Crippen LogP contribution is 2.21. The van der Waals surface area contributed by atoms with Crippen LogP contribution < -0.4 is 5.32 Å². The molecule has 0 atom stereocenters. The molecule has 0 unspecified atom stereocenters. The fourth-order valence-corrected chi connectivity index (χ4v) is 2.15. The SMILES string of the molecule is CC(C)(C)OC(=O)N1CCNC(=O)C1(C)C.CC(C)(C)OC(=O)OC(=O)OC(C)(C)C. The van der Waals surface area contributed by atoms with Crippen LogP contribution in [0, 0.1) is 0 Å². The van der Waals surface area contributed by atoms with Crippen molar-refractivity contribution in [3.63, 3.8) is 0 Å². The van der Waals surface area contributed by atoms with Gasteiger partial charge in [-0.15, -0.1) is 0 Å². The van der Waals surface area contributed by atoms with Crippen molar-refractivity contribution in [3.8, 4) is 0 Å². The Morgan fingerprint density at radius 3 is 1.55 bits per heavy atom. The van der Waals surface area contributed by atoms with Crippen LogP contribution in [0.3, 0.4) is 0 Å². The van der Waals surface area contributed by atoms with Gasteiger partial charge in [0.25, 0.3) is 0 Å². The molecule has 10 heteroatoms. The molecule has 180 valence electrons. The second-order valence-corrected chi connectivity index (χ2v) is 10.5. The topological polar surface area (TPSA) is 120 Å². The summed E-state index contributed by atoms with van der Waals surface area (Å²) in [4.78, 5) is 47.0. The maximum Gasteiger partial charge on any atom is 0.519 e. The standard InChI is InChI=1S/C11H20N2O3.C10H18O5/c1-10(2,3)16-9(15)13-7-6-12-8(14)11(13,4)5;1-9(2,3)14-7(11)13-8(12)15-10(4,5)6/h6-7H2,1-5H3,(H,12,14);1-6H3. The van der Waals surface area contributed by atoms with E-state index < -0.39 is 40.7 Å². The minimum atomic E-state index is -1.06. The van der Waals surface area contributed by atoms with Gasteiger partial charge in [0.2, 0.25) is 5.91 Å². The minimum Gasteiger partial charge on any atom is -0.444 e. The molecule has 0 aromatic rings. The van der Waals surface area contributed by atoms with E-state index in [1.165, 1.54) is 4.90 Å². The number of hydrogen-bond donors (Lipinski definition) is 1. The van der Waals surface area contributed by atoms with Gasteiger partial charge in [0.1, 0.15) is 22.3 Å². The monoisotopic (exact) mass is 446 g/mol. The van der Waals surface area contributed by atoms with Crippen LogP contribution in [0.1, 0.15) is 76.2 Å². The molecule has 1 rings (SSSR count). The van der Waals surface area contributed by atoms with E-state index in [0.29, 0.717) is 13.1 Å². The summed E-state index contributed by atoms with van der Waals surface area (Å²) < 4.78 is 19.1. The Hall–Kier alpha value is -2.52. The molecule has 0 aliphatic carbocycles. The molecular weight excluding hydrogens is 408 g/mol. The Morgan fingerprint density at radius 1 is 0.806 bits per heavy atom. The number of carbonyl (C=O) groups is 4. The summed E-state index contributed by atoms with van der Waals surface area (Å²) in [5.74, 6) is -0.149. The quantitative estimate of drug-likeness (QED) is 0.337. The Balaban J connectivity index is 0.000000582. The summed E-state index contributed by atoms with van der Waals surface area (Å²) in [5, 5.41) is 2.73. The Kier molecular flexibility index (Phi) is 9.36. The lowest BCUT2D eigenvalue weighted by Gasteiger charge is -2.41. The molecule has 0 radical (unpaired) electrons. The van der Waals surface area contributed by atoms with Crippen molar-refractivity contribution in [1.29, 1.82) is 0 Å². The maximum absolute atomic E-state index is 11.9. The van der Waals surface area contributed by atoms with Gasteiger partial charge in [-0.05, 0) is 76.2 Å². The van der Waals surface area contributed by atoms with Crippen molar-refractivity contribution in [2.45, 2.75) is 98.5 Å². The minimum absolute atomic E-state index is 0.149. The van der Waals surface area contributed by atoms with Gasteiger partial charge in [0.05, 0.1) is 0 Å². The molecule has 1 aliphatic heterocycles. The van der Waals surface area contributed by atoms with Crippen LogP contribution in [0.2, 0.25) is 0 Å². The van der Waals surface area contributed by atoms with Crippen LogP contribution in [0.5, 0.6) is 0 Å². The first-order valence-corrected chi connectivity index (χ1v) is 10.1. The summed E-state index contributed by atoms with van der Waals surface area (Å²) in [6.07, 6.45) is -2.55.